The van der Waals surface area contributed by atoms with Gasteiger partial charge in [0.1, 0.15) is 4.21 Å². The molecule has 1 aromatic heterocycles. The van der Waals surface area contributed by atoms with Crippen LogP contribution in [-0.2, 0) is 16.6 Å². The molecule has 3 aromatic rings. The Balaban J connectivity index is 1.71. The van der Waals surface area contributed by atoms with Crippen LogP contribution in [0.3, 0.4) is 0 Å². The second-order valence-corrected chi connectivity index (χ2v) is 9.57. The number of halogens is 1. The summed E-state index contributed by atoms with van der Waals surface area (Å²) in [4.78, 5) is 24.5. The first kappa shape index (κ1) is 21.8. The van der Waals surface area contributed by atoms with Crippen molar-refractivity contribution in [3.8, 4) is 0 Å². The number of nitro groups is 1. The van der Waals surface area contributed by atoms with E-state index in [1.165, 1.54) is 53.4 Å². The summed E-state index contributed by atoms with van der Waals surface area (Å²) in [5.74, 6) is -0.342. The number of carbonyl (C=O) groups excluding carboxylic acids is 1. The second kappa shape index (κ2) is 8.82. The van der Waals surface area contributed by atoms with Gasteiger partial charge in [0, 0.05) is 42.0 Å². The van der Waals surface area contributed by atoms with Gasteiger partial charge in [-0.2, -0.15) is 0 Å². The molecular weight excluding hydrogens is 450 g/mol. The zero-order valence-corrected chi connectivity index (χ0v) is 18.0. The van der Waals surface area contributed by atoms with Crippen LogP contribution in [0.25, 0.3) is 0 Å². The predicted molar refractivity (Wildman–Crippen MR) is 115 cm³/mol. The molecular formula is C19H16ClN3O5S2. The van der Waals surface area contributed by atoms with Gasteiger partial charge in [-0.15, -0.1) is 11.3 Å². The van der Waals surface area contributed by atoms with Gasteiger partial charge in [0.25, 0.3) is 21.6 Å². The number of hydrogen-bond acceptors (Lipinski definition) is 6. The fraction of sp³-hybridized carbons (Fsp3) is 0.105. The summed E-state index contributed by atoms with van der Waals surface area (Å²) >= 11 is 7.20. The quantitative estimate of drug-likeness (QED) is 0.411. The number of anilines is 1. The molecule has 156 valence electrons. The van der Waals surface area contributed by atoms with Gasteiger partial charge in [0.05, 0.1) is 4.92 Å². The monoisotopic (exact) mass is 465 g/mol. The lowest BCUT2D eigenvalue weighted by atomic mass is 10.1. The Hall–Kier alpha value is -2.95. The Morgan fingerprint density at radius 2 is 1.90 bits per heavy atom. The molecule has 0 radical (unpaired) electrons. The van der Waals surface area contributed by atoms with Crippen LogP contribution >= 0.6 is 22.9 Å². The standard InChI is InChI=1S/C19H16ClN3O5S2/c1-22(12-14-11-16(23(25)26)8-9-17(14)20)19(24)13-4-6-15(7-5-13)21-30(27,28)18-3-2-10-29-18/h2-11,21H,12H2,1H3. The first-order chi connectivity index (χ1) is 14.2. The number of rotatable bonds is 7. The van der Waals surface area contributed by atoms with Gasteiger partial charge in [-0.05, 0) is 47.3 Å². The van der Waals surface area contributed by atoms with Crippen LogP contribution in [0.4, 0.5) is 11.4 Å². The third kappa shape index (κ3) is 4.96. The maximum Gasteiger partial charge on any atom is 0.271 e. The fourth-order valence-corrected chi connectivity index (χ4v) is 4.88. The van der Waals surface area contributed by atoms with E-state index in [1.807, 2.05) is 0 Å². The maximum absolute atomic E-state index is 12.7. The third-order valence-electron chi connectivity index (χ3n) is 4.14. The summed E-state index contributed by atoms with van der Waals surface area (Å²) in [6, 6.07) is 13.2. The highest BCUT2D eigenvalue weighted by molar-refractivity contribution is 7.94. The van der Waals surface area contributed by atoms with Gasteiger partial charge in [-0.3, -0.25) is 19.6 Å². The minimum absolute atomic E-state index is 0.0755. The minimum Gasteiger partial charge on any atom is -0.337 e. The van der Waals surface area contributed by atoms with Crippen molar-refractivity contribution >= 4 is 50.2 Å². The predicted octanol–water partition coefficient (Wildman–Crippen LogP) is 4.38. The Morgan fingerprint density at radius 3 is 2.50 bits per heavy atom. The van der Waals surface area contributed by atoms with Gasteiger partial charge in [0.2, 0.25) is 0 Å². The van der Waals surface area contributed by atoms with E-state index in [0.717, 1.165) is 11.3 Å². The SMILES string of the molecule is CN(Cc1cc([N+](=O)[O-])ccc1Cl)C(=O)c1ccc(NS(=O)(=O)c2cccs2)cc1. The molecule has 2 aromatic carbocycles. The van der Waals surface area contributed by atoms with Crippen LogP contribution in [0.2, 0.25) is 5.02 Å². The summed E-state index contributed by atoms with van der Waals surface area (Å²) in [7, 11) is -2.13. The van der Waals surface area contributed by atoms with Crippen LogP contribution in [-0.4, -0.2) is 31.2 Å². The molecule has 0 bridgehead atoms. The molecule has 0 atom stereocenters. The summed E-state index contributed by atoms with van der Waals surface area (Å²) in [6.07, 6.45) is 0. The van der Waals surface area contributed by atoms with Crippen molar-refractivity contribution < 1.29 is 18.1 Å². The van der Waals surface area contributed by atoms with Crippen molar-refractivity contribution in [2.45, 2.75) is 10.8 Å². The molecule has 1 N–H and O–H groups in total. The topological polar surface area (TPSA) is 110 Å². The summed E-state index contributed by atoms with van der Waals surface area (Å²) in [5, 5.41) is 12.9. The fourth-order valence-electron chi connectivity index (χ4n) is 2.65. The molecule has 3 rings (SSSR count). The number of amides is 1. The zero-order valence-electron chi connectivity index (χ0n) is 15.6. The number of nitrogens with one attached hydrogen (secondary N) is 1. The highest BCUT2D eigenvalue weighted by Gasteiger charge is 2.18. The van der Waals surface area contributed by atoms with Crippen LogP contribution in [0, 0.1) is 10.1 Å². The van der Waals surface area contributed by atoms with E-state index in [4.69, 9.17) is 11.6 Å². The summed E-state index contributed by atoms with van der Waals surface area (Å²) in [5.41, 5.74) is 0.988. The van der Waals surface area contributed by atoms with E-state index in [1.54, 1.807) is 18.5 Å². The molecule has 0 fully saturated rings. The van der Waals surface area contributed by atoms with Crippen molar-refractivity contribution in [1.29, 1.82) is 0 Å². The molecule has 0 unspecified atom stereocenters. The van der Waals surface area contributed by atoms with Crippen LogP contribution in [0.15, 0.2) is 64.2 Å². The number of thiophene rings is 1. The number of hydrogen-bond donors (Lipinski definition) is 1. The maximum atomic E-state index is 12.7. The first-order valence-corrected chi connectivity index (χ1v) is 11.3. The number of carbonyl (C=O) groups is 1. The van der Waals surface area contributed by atoms with Gasteiger partial charge in [-0.25, -0.2) is 8.42 Å². The molecule has 1 heterocycles. The molecule has 8 nitrogen and oxygen atoms in total. The van der Waals surface area contributed by atoms with Crippen LogP contribution < -0.4 is 4.72 Å². The number of nitro benzene ring substituents is 1. The molecule has 0 aliphatic heterocycles. The molecule has 0 saturated carbocycles. The lowest BCUT2D eigenvalue weighted by Crippen LogP contribution is -2.26. The van der Waals surface area contributed by atoms with Crippen LogP contribution in [0.1, 0.15) is 15.9 Å². The van der Waals surface area contributed by atoms with Gasteiger partial charge in [0.15, 0.2) is 0 Å². The first-order valence-electron chi connectivity index (χ1n) is 8.52. The molecule has 0 spiro atoms. The van der Waals surface area contributed by atoms with Crippen molar-refractivity contribution in [2.75, 3.05) is 11.8 Å². The number of benzene rings is 2. The largest absolute Gasteiger partial charge is 0.337 e. The Morgan fingerprint density at radius 1 is 1.20 bits per heavy atom. The molecule has 1 amide bonds. The van der Waals surface area contributed by atoms with Gasteiger partial charge >= 0.3 is 0 Å². The number of nitrogens with zero attached hydrogens (tertiary/aromatic N) is 2. The minimum atomic E-state index is -3.67. The van der Waals surface area contributed by atoms with Gasteiger partial charge in [-0.1, -0.05) is 17.7 Å². The van der Waals surface area contributed by atoms with Crippen molar-refractivity contribution in [3.63, 3.8) is 0 Å². The molecule has 0 aliphatic carbocycles. The van der Waals surface area contributed by atoms with E-state index in [0.29, 0.717) is 21.8 Å². The molecule has 0 saturated heterocycles. The number of sulfonamides is 1. The van der Waals surface area contributed by atoms with E-state index in [-0.39, 0.29) is 22.3 Å². The smallest absolute Gasteiger partial charge is 0.271 e. The molecule has 11 heteroatoms. The highest BCUT2D eigenvalue weighted by atomic mass is 35.5. The normalized spacial score (nSPS) is 11.1. The lowest BCUT2D eigenvalue weighted by Gasteiger charge is -2.18. The summed E-state index contributed by atoms with van der Waals surface area (Å²) in [6.45, 7) is 0.0755. The molecule has 30 heavy (non-hydrogen) atoms. The number of non-ortho nitro benzene ring substituents is 1. The van der Waals surface area contributed by atoms with Crippen molar-refractivity contribution in [1.82, 2.24) is 4.90 Å². The van der Waals surface area contributed by atoms with E-state index in [2.05, 4.69) is 4.72 Å². The highest BCUT2D eigenvalue weighted by Crippen LogP contribution is 2.24. The van der Waals surface area contributed by atoms with Crippen LogP contribution in [0.5, 0.6) is 0 Å². The average Bonchev–Trinajstić information content (AvgIpc) is 3.25. The average molecular weight is 466 g/mol. The van der Waals surface area contributed by atoms with Crippen molar-refractivity contribution in [2.24, 2.45) is 0 Å². The Labute approximate surface area is 181 Å². The third-order valence-corrected chi connectivity index (χ3v) is 7.29. The summed E-state index contributed by atoms with van der Waals surface area (Å²) < 4.78 is 27.2. The van der Waals surface area contributed by atoms with E-state index in [9.17, 15) is 23.3 Å². The van der Waals surface area contributed by atoms with E-state index < -0.39 is 14.9 Å². The lowest BCUT2D eigenvalue weighted by molar-refractivity contribution is -0.384. The second-order valence-electron chi connectivity index (χ2n) is 6.31. The Kier molecular flexibility index (Phi) is 6.40. The van der Waals surface area contributed by atoms with E-state index >= 15 is 0 Å². The van der Waals surface area contributed by atoms with Crippen molar-refractivity contribution in [3.05, 3.63) is 86.2 Å². The molecule has 0 aliphatic rings. The zero-order chi connectivity index (χ0) is 21.9. The van der Waals surface area contributed by atoms with Gasteiger partial charge < -0.3 is 4.90 Å². The Bertz CT molecular complexity index is 1180.